The van der Waals surface area contributed by atoms with Crippen LogP contribution >= 0.6 is 0 Å². The van der Waals surface area contributed by atoms with Crippen LogP contribution in [-0.4, -0.2) is 5.97 Å². The Kier molecular flexibility index (Phi) is 2.32. The van der Waals surface area contributed by atoms with Crippen molar-refractivity contribution < 1.29 is 13.9 Å². The molecule has 0 radical (unpaired) electrons. The standard InChI is InChI=1S/C11H8O3/c12-11(9-5-2-1-3-6-9)14-10-7-4-8-13-10/h1-8H. The van der Waals surface area contributed by atoms with Crippen LogP contribution < -0.4 is 4.74 Å². The first-order valence-electron chi connectivity index (χ1n) is 4.17. The molecule has 0 aliphatic carbocycles. The Morgan fingerprint density at radius 3 is 2.50 bits per heavy atom. The lowest BCUT2D eigenvalue weighted by Crippen LogP contribution is -2.07. The van der Waals surface area contributed by atoms with Crippen LogP contribution in [0.2, 0.25) is 0 Å². The van der Waals surface area contributed by atoms with Crippen LogP contribution in [0.5, 0.6) is 5.95 Å². The number of esters is 1. The molecule has 1 aromatic carbocycles. The number of hydrogen-bond donors (Lipinski definition) is 0. The molecule has 0 bridgehead atoms. The highest BCUT2D eigenvalue weighted by molar-refractivity contribution is 5.90. The summed E-state index contributed by atoms with van der Waals surface area (Å²) in [4.78, 5) is 11.4. The number of rotatable bonds is 2. The van der Waals surface area contributed by atoms with Crippen LogP contribution in [0.3, 0.4) is 0 Å². The van der Waals surface area contributed by atoms with Crippen molar-refractivity contribution >= 4 is 5.97 Å². The van der Waals surface area contributed by atoms with E-state index in [4.69, 9.17) is 9.15 Å². The summed E-state index contributed by atoms with van der Waals surface area (Å²) in [6, 6.07) is 12.0. The molecule has 0 amide bonds. The molecule has 1 heterocycles. The van der Waals surface area contributed by atoms with E-state index in [1.54, 1.807) is 36.4 Å². The van der Waals surface area contributed by atoms with E-state index in [0.717, 1.165) is 0 Å². The second kappa shape index (κ2) is 3.79. The summed E-state index contributed by atoms with van der Waals surface area (Å²) in [5.41, 5.74) is 0.504. The first kappa shape index (κ1) is 8.56. The smallest absolute Gasteiger partial charge is 0.345 e. The molecule has 2 aromatic rings. The Bertz CT molecular complexity index is 403. The zero-order chi connectivity index (χ0) is 9.80. The number of benzene rings is 1. The summed E-state index contributed by atoms with van der Waals surface area (Å²) in [5, 5.41) is 0. The number of furan rings is 1. The van der Waals surface area contributed by atoms with Gasteiger partial charge < -0.3 is 9.15 Å². The molecule has 0 atom stereocenters. The van der Waals surface area contributed by atoms with Crippen LogP contribution in [0, 0.1) is 0 Å². The van der Waals surface area contributed by atoms with Crippen LogP contribution in [0.1, 0.15) is 10.4 Å². The maximum atomic E-state index is 11.4. The predicted octanol–water partition coefficient (Wildman–Crippen LogP) is 2.50. The molecular formula is C11H8O3. The minimum atomic E-state index is -0.416. The Morgan fingerprint density at radius 2 is 1.86 bits per heavy atom. The third-order valence-electron chi connectivity index (χ3n) is 1.70. The van der Waals surface area contributed by atoms with Crippen molar-refractivity contribution in [3.63, 3.8) is 0 Å². The van der Waals surface area contributed by atoms with Gasteiger partial charge in [-0.3, -0.25) is 0 Å². The van der Waals surface area contributed by atoms with E-state index in [-0.39, 0.29) is 5.95 Å². The lowest BCUT2D eigenvalue weighted by Gasteiger charge is -1.99. The molecule has 0 N–H and O–H groups in total. The van der Waals surface area contributed by atoms with Crippen molar-refractivity contribution in [3.05, 3.63) is 54.3 Å². The van der Waals surface area contributed by atoms with Crippen LogP contribution in [0.4, 0.5) is 0 Å². The van der Waals surface area contributed by atoms with Gasteiger partial charge in [-0.25, -0.2) is 4.79 Å². The van der Waals surface area contributed by atoms with E-state index in [2.05, 4.69) is 0 Å². The summed E-state index contributed by atoms with van der Waals surface area (Å²) in [6.07, 6.45) is 1.45. The summed E-state index contributed by atoms with van der Waals surface area (Å²) < 4.78 is 9.82. The van der Waals surface area contributed by atoms with Crippen molar-refractivity contribution in [3.8, 4) is 5.95 Å². The predicted molar refractivity (Wildman–Crippen MR) is 50.1 cm³/mol. The lowest BCUT2D eigenvalue weighted by molar-refractivity contribution is 0.0694. The van der Waals surface area contributed by atoms with Gasteiger partial charge >= 0.3 is 5.97 Å². The summed E-state index contributed by atoms with van der Waals surface area (Å²) in [6.45, 7) is 0. The Hall–Kier alpha value is -2.03. The maximum Gasteiger partial charge on any atom is 0.345 e. The van der Waals surface area contributed by atoms with Gasteiger partial charge in [0.15, 0.2) is 0 Å². The zero-order valence-electron chi connectivity index (χ0n) is 7.34. The molecule has 0 saturated heterocycles. The van der Waals surface area contributed by atoms with E-state index in [0.29, 0.717) is 5.56 Å². The van der Waals surface area contributed by atoms with E-state index in [1.165, 1.54) is 6.26 Å². The Morgan fingerprint density at radius 1 is 1.07 bits per heavy atom. The minimum Gasteiger partial charge on any atom is -0.434 e. The fraction of sp³-hybridized carbons (Fsp3) is 0. The summed E-state index contributed by atoms with van der Waals surface area (Å²) >= 11 is 0. The molecule has 0 fully saturated rings. The molecular weight excluding hydrogens is 180 g/mol. The Labute approximate surface area is 80.9 Å². The second-order valence-corrected chi connectivity index (χ2v) is 2.69. The van der Waals surface area contributed by atoms with Crippen LogP contribution in [-0.2, 0) is 0 Å². The fourth-order valence-corrected chi connectivity index (χ4v) is 1.05. The fourth-order valence-electron chi connectivity index (χ4n) is 1.05. The van der Waals surface area contributed by atoms with Gasteiger partial charge in [0.1, 0.15) is 0 Å². The topological polar surface area (TPSA) is 39.4 Å². The third-order valence-corrected chi connectivity index (χ3v) is 1.70. The summed E-state index contributed by atoms with van der Waals surface area (Å²) in [5.74, 6) is -0.209. The normalized spacial score (nSPS) is 9.71. The Balaban J connectivity index is 2.11. The van der Waals surface area contributed by atoms with Crippen LogP contribution in [0.15, 0.2) is 53.1 Å². The van der Waals surface area contributed by atoms with Gasteiger partial charge in [0.05, 0.1) is 11.8 Å². The molecule has 3 nitrogen and oxygen atoms in total. The average Bonchev–Trinajstić information content (AvgIpc) is 2.72. The van der Waals surface area contributed by atoms with Crippen molar-refractivity contribution in [2.45, 2.75) is 0 Å². The van der Waals surface area contributed by atoms with Gasteiger partial charge in [-0.05, 0) is 18.2 Å². The molecule has 70 valence electrons. The molecule has 3 heteroatoms. The van der Waals surface area contributed by atoms with Crippen molar-refractivity contribution in [2.75, 3.05) is 0 Å². The average molecular weight is 188 g/mol. The van der Waals surface area contributed by atoms with E-state index >= 15 is 0 Å². The number of carbonyl (C=O) groups excluding carboxylic acids is 1. The van der Waals surface area contributed by atoms with Crippen molar-refractivity contribution in [1.82, 2.24) is 0 Å². The quantitative estimate of drug-likeness (QED) is 0.679. The third kappa shape index (κ3) is 1.82. The van der Waals surface area contributed by atoms with Gasteiger partial charge in [0.25, 0.3) is 5.95 Å². The van der Waals surface area contributed by atoms with Gasteiger partial charge in [-0.15, -0.1) is 0 Å². The monoisotopic (exact) mass is 188 g/mol. The van der Waals surface area contributed by atoms with Gasteiger partial charge in [0, 0.05) is 6.07 Å². The number of carbonyl (C=O) groups is 1. The number of ether oxygens (including phenoxy) is 1. The van der Waals surface area contributed by atoms with Crippen molar-refractivity contribution in [1.29, 1.82) is 0 Å². The number of hydrogen-bond acceptors (Lipinski definition) is 3. The van der Waals surface area contributed by atoms with Gasteiger partial charge in [0.2, 0.25) is 0 Å². The SMILES string of the molecule is O=C(Oc1ccco1)c1ccccc1. The highest BCUT2D eigenvalue weighted by Gasteiger charge is 2.08. The molecule has 0 aliphatic heterocycles. The highest BCUT2D eigenvalue weighted by atomic mass is 16.6. The molecule has 0 saturated carbocycles. The largest absolute Gasteiger partial charge is 0.434 e. The first-order chi connectivity index (χ1) is 6.86. The molecule has 0 aliphatic rings. The van der Waals surface area contributed by atoms with E-state index < -0.39 is 5.97 Å². The first-order valence-corrected chi connectivity index (χ1v) is 4.17. The van der Waals surface area contributed by atoms with Gasteiger partial charge in [-0.1, -0.05) is 18.2 Å². The molecule has 2 rings (SSSR count). The molecule has 0 unspecified atom stereocenters. The summed E-state index contributed by atoms with van der Waals surface area (Å²) in [7, 11) is 0. The van der Waals surface area contributed by atoms with E-state index in [1.807, 2.05) is 6.07 Å². The second-order valence-electron chi connectivity index (χ2n) is 2.69. The molecule has 0 spiro atoms. The van der Waals surface area contributed by atoms with Crippen molar-refractivity contribution in [2.24, 2.45) is 0 Å². The molecule has 1 aromatic heterocycles. The highest BCUT2D eigenvalue weighted by Crippen LogP contribution is 2.12. The zero-order valence-corrected chi connectivity index (χ0v) is 7.34. The molecule has 14 heavy (non-hydrogen) atoms. The lowest BCUT2D eigenvalue weighted by atomic mass is 10.2. The van der Waals surface area contributed by atoms with Crippen LogP contribution in [0.25, 0.3) is 0 Å². The minimum absolute atomic E-state index is 0.207. The van der Waals surface area contributed by atoms with Gasteiger partial charge in [-0.2, -0.15) is 0 Å². The van der Waals surface area contributed by atoms with E-state index in [9.17, 15) is 4.79 Å². The maximum absolute atomic E-state index is 11.4.